The Bertz CT molecular complexity index is 1300. The van der Waals surface area contributed by atoms with E-state index >= 15 is 0 Å². The maximum absolute atomic E-state index is 2.40. The van der Waals surface area contributed by atoms with Gasteiger partial charge in [-0.1, -0.05) is 110 Å². The fraction of sp³-hybridized carbons (Fsp3) is 0.161. The minimum Gasteiger partial charge on any atom is -0.0629 e. The predicted molar refractivity (Wildman–Crippen MR) is 143 cm³/mol. The molecule has 1 aliphatic rings. The molecule has 0 fully saturated rings. The van der Waals surface area contributed by atoms with E-state index in [-0.39, 0.29) is 0 Å². The Morgan fingerprint density at radius 3 is 1.72 bits per heavy atom. The van der Waals surface area contributed by atoms with Gasteiger partial charge < -0.3 is 0 Å². The van der Waals surface area contributed by atoms with Crippen LogP contribution in [-0.2, 0) is 0 Å². The number of hydrogen-bond acceptors (Lipinski definition) is 0. The molecule has 0 amide bonds. The maximum atomic E-state index is 2.40. The molecule has 0 nitrogen and oxygen atoms in total. The third-order valence-electron chi connectivity index (χ3n) is 7.09. The molecular formula is C31H29P. The van der Waals surface area contributed by atoms with Crippen molar-refractivity contribution in [2.45, 2.75) is 27.7 Å². The first-order valence-corrected chi connectivity index (χ1v) is 12.7. The van der Waals surface area contributed by atoms with E-state index in [1.54, 1.807) is 0 Å². The van der Waals surface area contributed by atoms with Crippen LogP contribution in [-0.4, -0.2) is 0 Å². The van der Waals surface area contributed by atoms with Crippen molar-refractivity contribution < 1.29 is 0 Å². The van der Waals surface area contributed by atoms with E-state index in [1.807, 2.05) is 0 Å². The zero-order valence-electron chi connectivity index (χ0n) is 19.3. The van der Waals surface area contributed by atoms with Crippen molar-refractivity contribution >= 4 is 40.2 Å². The molecule has 158 valence electrons. The molecule has 0 N–H and O–H groups in total. The summed E-state index contributed by atoms with van der Waals surface area (Å²) in [5, 5.41) is 6.94. The van der Waals surface area contributed by atoms with Gasteiger partial charge in [0.05, 0.1) is 0 Å². The highest BCUT2D eigenvalue weighted by Gasteiger charge is 2.30. The first-order valence-electron chi connectivity index (χ1n) is 11.4. The quantitative estimate of drug-likeness (QED) is 0.296. The molecule has 0 saturated heterocycles. The molecular weight excluding hydrogens is 403 g/mol. The summed E-state index contributed by atoms with van der Waals surface area (Å²) in [6.45, 7) is 9.29. The van der Waals surface area contributed by atoms with Crippen molar-refractivity contribution in [3.05, 3.63) is 119 Å². The monoisotopic (exact) mass is 432 g/mol. The first-order chi connectivity index (χ1) is 15.6. The Balaban J connectivity index is 1.86. The summed E-state index contributed by atoms with van der Waals surface area (Å²) in [6.07, 6.45) is 0. The van der Waals surface area contributed by atoms with Gasteiger partial charge in [0.15, 0.2) is 0 Å². The van der Waals surface area contributed by atoms with Crippen LogP contribution >= 0.6 is 7.92 Å². The molecule has 1 unspecified atom stereocenters. The van der Waals surface area contributed by atoms with Crippen LogP contribution in [0.5, 0.6) is 0 Å². The molecule has 0 saturated carbocycles. The molecule has 1 aliphatic carbocycles. The van der Waals surface area contributed by atoms with E-state index in [1.165, 1.54) is 54.5 Å². The highest BCUT2D eigenvalue weighted by molar-refractivity contribution is 7.80. The molecule has 1 atom stereocenters. The minimum absolute atomic E-state index is 0.433. The lowest BCUT2D eigenvalue weighted by molar-refractivity contribution is 0.897. The lowest BCUT2D eigenvalue weighted by Crippen LogP contribution is -2.24. The summed E-state index contributed by atoms with van der Waals surface area (Å²) >= 11 is 0. The molecule has 4 aromatic rings. The first kappa shape index (κ1) is 20.9. The maximum Gasteiger partial charge on any atom is 0.00319 e. The zero-order chi connectivity index (χ0) is 22.2. The second-order valence-electron chi connectivity index (χ2n) is 8.76. The van der Waals surface area contributed by atoms with E-state index < -0.39 is 7.92 Å². The molecule has 0 aliphatic heterocycles. The normalized spacial score (nSPS) is 16.5. The van der Waals surface area contributed by atoms with Gasteiger partial charge in [-0.3, -0.25) is 0 Å². The average Bonchev–Trinajstić information content (AvgIpc) is 3.03. The number of rotatable bonds is 4. The number of hydrogen-bond donors (Lipinski definition) is 0. The standard InChI is InChI=1S/C31H29P/c1-21-22(2)24(4)30(23(21)3)31-28-18-12-11-13-25(28)19-20-29(31)32(26-14-7-5-8-15-26)27-16-9-6-10-17-27/h5-20,23H,1-4H3. The lowest BCUT2D eigenvalue weighted by atomic mass is 9.88. The van der Waals surface area contributed by atoms with E-state index in [9.17, 15) is 0 Å². The van der Waals surface area contributed by atoms with Crippen molar-refractivity contribution in [2.75, 3.05) is 0 Å². The van der Waals surface area contributed by atoms with Crippen LogP contribution in [0, 0.1) is 5.92 Å². The molecule has 4 aromatic carbocycles. The molecule has 0 radical (unpaired) electrons. The highest BCUT2D eigenvalue weighted by atomic mass is 31.1. The molecule has 0 bridgehead atoms. The summed E-state index contributed by atoms with van der Waals surface area (Å²) in [6, 6.07) is 35.7. The average molecular weight is 433 g/mol. The summed E-state index contributed by atoms with van der Waals surface area (Å²) in [7, 11) is -0.675. The van der Waals surface area contributed by atoms with Gasteiger partial charge >= 0.3 is 0 Å². The second-order valence-corrected chi connectivity index (χ2v) is 10.9. The van der Waals surface area contributed by atoms with Crippen LogP contribution in [0.3, 0.4) is 0 Å². The van der Waals surface area contributed by atoms with Gasteiger partial charge in [0.25, 0.3) is 0 Å². The van der Waals surface area contributed by atoms with Crippen LogP contribution in [0.15, 0.2) is 114 Å². The topological polar surface area (TPSA) is 0 Å². The molecule has 5 rings (SSSR count). The van der Waals surface area contributed by atoms with Crippen molar-refractivity contribution in [2.24, 2.45) is 5.92 Å². The summed E-state index contributed by atoms with van der Waals surface area (Å²) in [5.74, 6) is 0.433. The Kier molecular flexibility index (Phi) is 5.58. The summed E-state index contributed by atoms with van der Waals surface area (Å²) < 4.78 is 0. The minimum atomic E-state index is -0.675. The van der Waals surface area contributed by atoms with Gasteiger partial charge in [-0.05, 0) is 77.7 Å². The molecule has 0 aromatic heterocycles. The third-order valence-corrected chi connectivity index (χ3v) is 9.57. The van der Waals surface area contributed by atoms with Crippen LogP contribution in [0.2, 0.25) is 0 Å². The SMILES string of the molecule is CC1=C(C)C(C)C(c2c(P(c3ccccc3)c3ccccc3)ccc3ccccc23)=C1C. The Morgan fingerprint density at radius 1 is 0.594 bits per heavy atom. The van der Waals surface area contributed by atoms with Gasteiger partial charge in [0.2, 0.25) is 0 Å². The Morgan fingerprint density at radius 2 is 1.16 bits per heavy atom. The fourth-order valence-electron chi connectivity index (χ4n) is 5.08. The van der Waals surface area contributed by atoms with E-state index in [0.717, 1.165) is 0 Å². The van der Waals surface area contributed by atoms with Crippen molar-refractivity contribution in [1.82, 2.24) is 0 Å². The predicted octanol–water partition coefficient (Wildman–Crippen LogP) is 7.36. The van der Waals surface area contributed by atoms with Crippen LogP contribution in [0.4, 0.5) is 0 Å². The molecule has 0 spiro atoms. The number of fused-ring (bicyclic) bond motifs is 1. The van der Waals surface area contributed by atoms with Gasteiger partial charge in [0, 0.05) is 5.92 Å². The van der Waals surface area contributed by atoms with Crippen LogP contribution in [0.1, 0.15) is 33.3 Å². The van der Waals surface area contributed by atoms with E-state index in [4.69, 9.17) is 0 Å². The van der Waals surface area contributed by atoms with Crippen LogP contribution < -0.4 is 15.9 Å². The second kappa shape index (κ2) is 8.53. The third kappa shape index (κ3) is 3.44. The zero-order valence-corrected chi connectivity index (χ0v) is 20.2. The van der Waals surface area contributed by atoms with Crippen molar-refractivity contribution in [3.63, 3.8) is 0 Å². The number of benzene rings is 4. The summed E-state index contributed by atoms with van der Waals surface area (Å²) in [5.41, 5.74) is 7.35. The molecule has 32 heavy (non-hydrogen) atoms. The Labute approximate surface area is 193 Å². The van der Waals surface area contributed by atoms with Gasteiger partial charge in [-0.2, -0.15) is 0 Å². The molecule has 0 heterocycles. The lowest BCUT2D eigenvalue weighted by Gasteiger charge is -2.26. The smallest absolute Gasteiger partial charge is 0.00319 e. The van der Waals surface area contributed by atoms with Gasteiger partial charge in [-0.25, -0.2) is 0 Å². The van der Waals surface area contributed by atoms with Crippen molar-refractivity contribution in [3.8, 4) is 0 Å². The van der Waals surface area contributed by atoms with Gasteiger partial charge in [0.1, 0.15) is 0 Å². The van der Waals surface area contributed by atoms with Gasteiger partial charge in [-0.15, -0.1) is 0 Å². The number of allylic oxidation sites excluding steroid dienone is 4. The van der Waals surface area contributed by atoms with E-state index in [2.05, 4.69) is 125 Å². The van der Waals surface area contributed by atoms with Crippen LogP contribution in [0.25, 0.3) is 16.3 Å². The van der Waals surface area contributed by atoms with E-state index in [0.29, 0.717) is 5.92 Å². The Hall–Kier alpha value is -2.95. The largest absolute Gasteiger partial charge is 0.0629 e. The summed E-state index contributed by atoms with van der Waals surface area (Å²) in [4.78, 5) is 0. The fourth-order valence-corrected chi connectivity index (χ4v) is 7.56. The van der Waals surface area contributed by atoms with Crippen molar-refractivity contribution in [1.29, 1.82) is 0 Å². The molecule has 1 heteroatoms. The highest BCUT2D eigenvalue weighted by Crippen LogP contribution is 2.47.